The van der Waals surface area contributed by atoms with Gasteiger partial charge in [0.25, 0.3) is 0 Å². The molecule has 14 heavy (non-hydrogen) atoms. The van der Waals surface area contributed by atoms with Crippen molar-refractivity contribution in [1.82, 2.24) is 15.1 Å². The Labute approximate surface area is 83.2 Å². The van der Waals surface area contributed by atoms with Crippen LogP contribution in [0.3, 0.4) is 0 Å². The van der Waals surface area contributed by atoms with Crippen molar-refractivity contribution in [3.63, 3.8) is 0 Å². The summed E-state index contributed by atoms with van der Waals surface area (Å²) in [5.41, 5.74) is 2.70. The molecule has 0 radical (unpaired) electrons. The van der Waals surface area contributed by atoms with Gasteiger partial charge in [-0.25, -0.2) is 0 Å². The Morgan fingerprint density at radius 3 is 3.21 bits per heavy atom. The summed E-state index contributed by atoms with van der Waals surface area (Å²) in [5, 5.41) is 7.19. The summed E-state index contributed by atoms with van der Waals surface area (Å²) in [6.07, 6.45) is 4.33. The first-order valence-corrected chi connectivity index (χ1v) is 5.26. The quantitative estimate of drug-likeness (QED) is 0.708. The lowest BCUT2D eigenvalue weighted by atomic mass is 10.2. The van der Waals surface area contributed by atoms with Gasteiger partial charge < -0.3 is 4.74 Å². The van der Waals surface area contributed by atoms with Crippen LogP contribution in [0.15, 0.2) is 6.20 Å². The van der Waals surface area contributed by atoms with Gasteiger partial charge in [-0.1, -0.05) is 0 Å². The van der Waals surface area contributed by atoms with Crippen molar-refractivity contribution < 1.29 is 4.74 Å². The number of nitrogens with one attached hydrogen (secondary N) is 1. The van der Waals surface area contributed by atoms with Crippen molar-refractivity contribution >= 4 is 0 Å². The minimum absolute atomic E-state index is 0.649. The van der Waals surface area contributed by atoms with E-state index < -0.39 is 0 Å². The Kier molecular flexibility index (Phi) is 2.03. The fourth-order valence-corrected chi connectivity index (χ4v) is 2.19. The number of hydrogen-bond acceptors (Lipinski definition) is 3. The maximum absolute atomic E-state index is 5.23. The number of aromatic amines is 1. The lowest BCUT2D eigenvalue weighted by molar-refractivity contribution is -0.0674. The maximum Gasteiger partial charge on any atom is 0.0645 e. The lowest BCUT2D eigenvalue weighted by Crippen LogP contribution is -2.48. The number of aromatic nitrogens is 2. The van der Waals surface area contributed by atoms with Gasteiger partial charge in [-0.3, -0.25) is 10.00 Å². The number of hydrogen-bond donors (Lipinski definition) is 1. The van der Waals surface area contributed by atoms with Gasteiger partial charge in [0.1, 0.15) is 0 Å². The van der Waals surface area contributed by atoms with E-state index in [1.807, 2.05) is 6.20 Å². The van der Waals surface area contributed by atoms with Gasteiger partial charge in [-0.05, 0) is 19.4 Å². The zero-order valence-electron chi connectivity index (χ0n) is 8.20. The standard InChI is InChI=1S/C10H15N3O/c1-2-10-8(4-11-12-10)5-13(3-1)9-6-14-7-9/h4,9H,1-3,5-7H2,(H,11,12). The largest absolute Gasteiger partial charge is 0.378 e. The van der Waals surface area contributed by atoms with Crippen molar-refractivity contribution in [1.29, 1.82) is 0 Å². The van der Waals surface area contributed by atoms with E-state index in [-0.39, 0.29) is 0 Å². The first-order valence-electron chi connectivity index (χ1n) is 5.26. The molecule has 1 N–H and O–H groups in total. The zero-order chi connectivity index (χ0) is 9.38. The summed E-state index contributed by atoms with van der Waals surface area (Å²) in [7, 11) is 0. The van der Waals surface area contributed by atoms with Crippen molar-refractivity contribution in [2.45, 2.75) is 25.4 Å². The van der Waals surface area contributed by atoms with E-state index in [9.17, 15) is 0 Å². The van der Waals surface area contributed by atoms with E-state index in [0.717, 1.165) is 26.2 Å². The molecule has 0 aliphatic carbocycles. The number of ether oxygens (including phenoxy) is 1. The number of nitrogens with zero attached hydrogens (tertiary/aromatic N) is 2. The van der Waals surface area contributed by atoms with Crippen molar-refractivity contribution in [2.24, 2.45) is 0 Å². The number of rotatable bonds is 1. The minimum atomic E-state index is 0.649. The summed E-state index contributed by atoms with van der Waals surface area (Å²) in [6.45, 7) is 4.05. The number of aryl methyl sites for hydroxylation is 1. The van der Waals surface area contributed by atoms with Gasteiger partial charge >= 0.3 is 0 Å². The van der Waals surface area contributed by atoms with E-state index in [1.165, 1.54) is 24.2 Å². The molecule has 1 aromatic heterocycles. The van der Waals surface area contributed by atoms with E-state index >= 15 is 0 Å². The Balaban J connectivity index is 1.77. The van der Waals surface area contributed by atoms with E-state index in [4.69, 9.17) is 4.74 Å². The number of H-pyrrole nitrogens is 1. The lowest BCUT2D eigenvalue weighted by Gasteiger charge is -2.36. The molecule has 1 aromatic rings. The molecule has 3 heterocycles. The molecule has 0 saturated carbocycles. The van der Waals surface area contributed by atoms with Crippen LogP contribution in [0.4, 0.5) is 0 Å². The molecule has 1 saturated heterocycles. The highest BCUT2D eigenvalue weighted by Crippen LogP contribution is 2.20. The van der Waals surface area contributed by atoms with Crippen LogP contribution in [0.2, 0.25) is 0 Å². The third-order valence-corrected chi connectivity index (χ3v) is 3.19. The zero-order valence-corrected chi connectivity index (χ0v) is 8.20. The van der Waals surface area contributed by atoms with E-state index in [0.29, 0.717) is 6.04 Å². The van der Waals surface area contributed by atoms with Gasteiger partial charge in [-0.15, -0.1) is 0 Å². The Morgan fingerprint density at radius 2 is 2.43 bits per heavy atom. The van der Waals surface area contributed by atoms with Crippen molar-refractivity contribution in [3.8, 4) is 0 Å². The van der Waals surface area contributed by atoms with Crippen LogP contribution < -0.4 is 0 Å². The second kappa shape index (κ2) is 3.37. The molecule has 4 nitrogen and oxygen atoms in total. The van der Waals surface area contributed by atoms with E-state index in [1.54, 1.807) is 0 Å². The van der Waals surface area contributed by atoms with E-state index in [2.05, 4.69) is 15.1 Å². The molecule has 76 valence electrons. The molecule has 0 amide bonds. The molecule has 1 fully saturated rings. The highest BCUT2D eigenvalue weighted by molar-refractivity contribution is 5.17. The van der Waals surface area contributed by atoms with Crippen molar-refractivity contribution in [2.75, 3.05) is 19.8 Å². The molecule has 0 atom stereocenters. The first kappa shape index (κ1) is 8.44. The molecule has 4 heteroatoms. The second-order valence-corrected chi connectivity index (χ2v) is 4.14. The highest BCUT2D eigenvalue weighted by atomic mass is 16.5. The number of fused-ring (bicyclic) bond motifs is 1. The normalized spacial score (nSPS) is 24.0. The van der Waals surface area contributed by atoms with Crippen LogP contribution in [0.25, 0.3) is 0 Å². The summed E-state index contributed by atoms with van der Waals surface area (Å²) in [5.74, 6) is 0. The summed E-state index contributed by atoms with van der Waals surface area (Å²) >= 11 is 0. The van der Waals surface area contributed by atoms with Crippen LogP contribution in [-0.2, 0) is 17.7 Å². The fourth-order valence-electron chi connectivity index (χ4n) is 2.19. The first-order chi connectivity index (χ1) is 6.93. The maximum atomic E-state index is 5.23. The molecular formula is C10H15N3O. The molecule has 0 spiro atoms. The third kappa shape index (κ3) is 1.35. The molecule has 2 aliphatic rings. The average molecular weight is 193 g/mol. The molecule has 0 bridgehead atoms. The minimum Gasteiger partial charge on any atom is -0.378 e. The van der Waals surface area contributed by atoms with Gasteiger partial charge in [0.15, 0.2) is 0 Å². The highest BCUT2D eigenvalue weighted by Gasteiger charge is 2.27. The van der Waals surface area contributed by atoms with Gasteiger partial charge in [0.05, 0.1) is 25.5 Å². The Hall–Kier alpha value is -0.870. The average Bonchev–Trinajstić information content (AvgIpc) is 2.42. The predicted octanol–water partition coefficient (Wildman–Crippen LogP) is 0.557. The van der Waals surface area contributed by atoms with Crippen LogP contribution in [0.1, 0.15) is 17.7 Å². The molecule has 0 unspecified atom stereocenters. The summed E-state index contributed by atoms with van der Waals surface area (Å²) in [4.78, 5) is 2.52. The van der Waals surface area contributed by atoms with Crippen LogP contribution >= 0.6 is 0 Å². The molecule has 0 aromatic carbocycles. The second-order valence-electron chi connectivity index (χ2n) is 4.14. The summed E-state index contributed by atoms with van der Waals surface area (Å²) < 4.78 is 5.23. The third-order valence-electron chi connectivity index (χ3n) is 3.19. The van der Waals surface area contributed by atoms with Gasteiger partial charge in [-0.2, -0.15) is 5.10 Å². The van der Waals surface area contributed by atoms with Crippen LogP contribution in [-0.4, -0.2) is 40.9 Å². The fraction of sp³-hybridized carbons (Fsp3) is 0.700. The topological polar surface area (TPSA) is 41.2 Å². The monoisotopic (exact) mass is 193 g/mol. The smallest absolute Gasteiger partial charge is 0.0645 e. The van der Waals surface area contributed by atoms with Crippen LogP contribution in [0.5, 0.6) is 0 Å². The molecule has 2 aliphatic heterocycles. The van der Waals surface area contributed by atoms with Gasteiger partial charge in [0.2, 0.25) is 0 Å². The molecule has 3 rings (SSSR count). The van der Waals surface area contributed by atoms with Crippen LogP contribution in [0, 0.1) is 0 Å². The van der Waals surface area contributed by atoms with Crippen molar-refractivity contribution in [3.05, 3.63) is 17.5 Å². The Morgan fingerprint density at radius 1 is 1.50 bits per heavy atom. The Bertz CT molecular complexity index is 319. The SMILES string of the molecule is c1n[nH]c2c1CN(C1COC1)CCC2. The summed E-state index contributed by atoms with van der Waals surface area (Å²) in [6, 6.07) is 0.649. The van der Waals surface area contributed by atoms with Gasteiger partial charge in [0, 0.05) is 17.8 Å². The molecular weight excluding hydrogens is 178 g/mol. The predicted molar refractivity (Wildman–Crippen MR) is 51.9 cm³/mol.